The molecule has 2 aromatic carbocycles. The number of unbranched alkanes of at least 4 members (excludes halogenated alkanes) is 1. The fourth-order valence-corrected chi connectivity index (χ4v) is 4.61. The second-order valence-corrected chi connectivity index (χ2v) is 9.42. The Kier molecular flexibility index (Phi) is 7.57. The fraction of sp³-hybridized carbons (Fsp3) is 0.346. The maximum absolute atomic E-state index is 13.2. The lowest BCUT2D eigenvalue weighted by Gasteiger charge is -2.28. The molecule has 1 aromatic heterocycles. The highest BCUT2D eigenvalue weighted by molar-refractivity contribution is 7.98. The van der Waals surface area contributed by atoms with Gasteiger partial charge in [-0.3, -0.25) is 0 Å². The van der Waals surface area contributed by atoms with Crippen LogP contribution in [0.15, 0.2) is 71.0 Å². The molecule has 1 aliphatic rings. The highest BCUT2D eigenvalue weighted by Gasteiger charge is 2.35. The van der Waals surface area contributed by atoms with Crippen molar-refractivity contribution in [2.75, 3.05) is 30.9 Å². The van der Waals surface area contributed by atoms with Crippen LogP contribution < -0.4 is 10.2 Å². The lowest BCUT2D eigenvalue weighted by molar-refractivity contribution is -0.139. The van der Waals surface area contributed by atoms with Crippen molar-refractivity contribution in [3.63, 3.8) is 0 Å². The number of allylic oxidation sites excluding steroid dienone is 1. The molecule has 0 aliphatic carbocycles. The number of ether oxygens (including phenoxy) is 1. The summed E-state index contributed by atoms with van der Waals surface area (Å²) in [5, 5.41) is 8.74. The second-order valence-electron chi connectivity index (χ2n) is 8.48. The van der Waals surface area contributed by atoms with Gasteiger partial charge in [0.05, 0.1) is 12.2 Å². The Morgan fingerprint density at radius 2 is 1.88 bits per heavy atom. The second kappa shape index (κ2) is 10.8. The summed E-state index contributed by atoms with van der Waals surface area (Å²) in [6.07, 6.45) is 1.80. The first-order valence-electron chi connectivity index (χ1n) is 11.5. The molecule has 4 rings (SSSR count). The number of thioether (sulfide) groups is 1. The van der Waals surface area contributed by atoms with Gasteiger partial charge in [-0.05, 0) is 36.6 Å². The lowest BCUT2D eigenvalue weighted by Crippen LogP contribution is -2.29. The van der Waals surface area contributed by atoms with Crippen LogP contribution in [-0.2, 0) is 15.3 Å². The summed E-state index contributed by atoms with van der Waals surface area (Å²) in [5.74, 6) is 1.07. The highest BCUT2D eigenvalue weighted by Crippen LogP contribution is 2.37. The fourth-order valence-electron chi connectivity index (χ4n) is 3.83. The van der Waals surface area contributed by atoms with E-state index < -0.39 is 6.04 Å². The first kappa shape index (κ1) is 23.9. The summed E-state index contributed by atoms with van der Waals surface area (Å²) in [5.41, 5.74) is 4.55. The lowest BCUT2D eigenvalue weighted by atomic mass is 9.95. The molecule has 0 saturated carbocycles. The zero-order valence-electron chi connectivity index (χ0n) is 20.1. The third-order valence-corrected chi connectivity index (χ3v) is 6.63. The van der Waals surface area contributed by atoms with Crippen LogP contribution in [0.1, 0.15) is 43.9 Å². The number of aromatic nitrogens is 3. The molecule has 0 bridgehead atoms. The van der Waals surface area contributed by atoms with Gasteiger partial charge < -0.3 is 15.0 Å². The van der Waals surface area contributed by atoms with Gasteiger partial charge in [0.15, 0.2) is 0 Å². The van der Waals surface area contributed by atoms with Crippen molar-refractivity contribution in [3.05, 3.63) is 77.0 Å². The van der Waals surface area contributed by atoms with E-state index in [1.165, 1.54) is 5.56 Å². The topological polar surface area (TPSA) is 72.3 Å². The minimum atomic E-state index is -0.417. The standard InChI is InChI=1S/C26H31N5O2S/c1-5-6-16-33-24(32)22-18(2)27-25-28-26(34-17-19-10-8-7-9-11-19)29-31(25)23(22)20-12-14-21(15-13-20)30(3)4/h7-15,23H,5-6,16-17H2,1-4H3,(H,27,28,29). The predicted molar refractivity (Wildman–Crippen MR) is 137 cm³/mol. The summed E-state index contributed by atoms with van der Waals surface area (Å²) in [6.45, 7) is 4.37. The van der Waals surface area contributed by atoms with E-state index in [0.717, 1.165) is 35.5 Å². The van der Waals surface area contributed by atoms with Crippen molar-refractivity contribution < 1.29 is 9.53 Å². The van der Waals surface area contributed by atoms with E-state index in [2.05, 4.69) is 36.5 Å². The molecule has 8 heteroatoms. The van der Waals surface area contributed by atoms with Crippen LogP contribution in [0.4, 0.5) is 11.6 Å². The van der Waals surface area contributed by atoms with Gasteiger partial charge in [-0.2, -0.15) is 4.98 Å². The summed E-state index contributed by atoms with van der Waals surface area (Å²) < 4.78 is 7.43. The molecule has 0 saturated heterocycles. The average Bonchev–Trinajstić information content (AvgIpc) is 3.25. The molecule has 0 radical (unpaired) electrons. The van der Waals surface area contributed by atoms with Crippen molar-refractivity contribution >= 4 is 29.4 Å². The Labute approximate surface area is 205 Å². The van der Waals surface area contributed by atoms with Gasteiger partial charge in [0.2, 0.25) is 11.1 Å². The number of carbonyl (C=O) groups is 1. The molecule has 34 heavy (non-hydrogen) atoms. The molecule has 0 amide bonds. The first-order valence-corrected chi connectivity index (χ1v) is 12.5. The molecular weight excluding hydrogens is 446 g/mol. The van der Waals surface area contributed by atoms with Crippen LogP contribution in [0, 0.1) is 0 Å². The van der Waals surface area contributed by atoms with Gasteiger partial charge >= 0.3 is 5.97 Å². The van der Waals surface area contributed by atoms with Gasteiger partial charge in [0.25, 0.3) is 0 Å². The van der Waals surface area contributed by atoms with Crippen molar-refractivity contribution in [2.45, 2.75) is 43.6 Å². The predicted octanol–water partition coefficient (Wildman–Crippen LogP) is 5.27. The Bertz CT molecular complexity index is 1160. The van der Waals surface area contributed by atoms with Gasteiger partial charge in [0.1, 0.15) is 6.04 Å². The molecule has 1 N–H and O–H groups in total. The number of carbonyl (C=O) groups excluding carboxylic acids is 1. The number of nitrogens with one attached hydrogen (secondary N) is 1. The Balaban J connectivity index is 1.67. The Hall–Kier alpha value is -3.26. The quantitative estimate of drug-likeness (QED) is 0.256. The van der Waals surface area contributed by atoms with E-state index in [9.17, 15) is 4.79 Å². The van der Waals surface area contributed by atoms with Gasteiger partial charge in [-0.1, -0.05) is 67.6 Å². The number of esters is 1. The van der Waals surface area contributed by atoms with Gasteiger partial charge in [-0.25, -0.2) is 9.48 Å². The summed E-state index contributed by atoms with van der Waals surface area (Å²) in [7, 11) is 4.01. The number of benzene rings is 2. The van der Waals surface area contributed by atoms with Crippen LogP contribution in [-0.4, -0.2) is 41.4 Å². The molecule has 7 nitrogen and oxygen atoms in total. The molecule has 0 fully saturated rings. The van der Waals surface area contributed by atoms with Crippen molar-refractivity contribution in [3.8, 4) is 0 Å². The van der Waals surface area contributed by atoms with E-state index >= 15 is 0 Å². The summed E-state index contributed by atoms with van der Waals surface area (Å²) in [6, 6.07) is 18.0. The molecular formula is C26H31N5O2S. The molecule has 1 aliphatic heterocycles. The molecule has 1 atom stereocenters. The molecule has 2 heterocycles. The minimum absolute atomic E-state index is 0.320. The van der Waals surface area contributed by atoms with Crippen LogP contribution >= 0.6 is 11.8 Å². The number of hydrogen-bond donors (Lipinski definition) is 1. The van der Waals surface area contributed by atoms with Crippen LogP contribution in [0.3, 0.4) is 0 Å². The third kappa shape index (κ3) is 5.28. The molecule has 1 unspecified atom stereocenters. The Morgan fingerprint density at radius 1 is 1.15 bits per heavy atom. The van der Waals surface area contributed by atoms with Gasteiger partial charge in [-0.15, -0.1) is 5.10 Å². The molecule has 0 spiro atoms. The first-order chi connectivity index (χ1) is 16.5. The minimum Gasteiger partial charge on any atom is -0.462 e. The van der Waals surface area contributed by atoms with E-state index in [-0.39, 0.29) is 5.97 Å². The SMILES string of the molecule is CCCCOC(=O)C1=C(C)Nc2nc(SCc3ccccc3)nn2C1c1ccc(N(C)C)cc1. The maximum Gasteiger partial charge on any atom is 0.338 e. The number of rotatable bonds is 9. The van der Waals surface area contributed by atoms with E-state index in [1.54, 1.807) is 16.4 Å². The zero-order valence-corrected chi connectivity index (χ0v) is 20.9. The Morgan fingerprint density at radius 3 is 2.56 bits per heavy atom. The van der Waals surface area contributed by atoms with Crippen LogP contribution in [0.5, 0.6) is 0 Å². The van der Waals surface area contributed by atoms with E-state index in [0.29, 0.717) is 23.3 Å². The van der Waals surface area contributed by atoms with E-state index in [4.69, 9.17) is 14.8 Å². The monoisotopic (exact) mass is 477 g/mol. The molecule has 178 valence electrons. The van der Waals surface area contributed by atoms with Crippen LogP contribution in [0.2, 0.25) is 0 Å². The summed E-state index contributed by atoms with van der Waals surface area (Å²) in [4.78, 5) is 19.9. The van der Waals surface area contributed by atoms with E-state index in [1.807, 2.05) is 56.3 Å². The van der Waals surface area contributed by atoms with Crippen molar-refractivity contribution in [1.82, 2.24) is 14.8 Å². The number of fused-ring (bicyclic) bond motifs is 1. The van der Waals surface area contributed by atoms with Gasteiger partial charge in [0, 0.05) is 31.2 Å². The largest absolute Gasteiger partial charge is 0.462 e. The average molecular weight is 478 g/mol. The smallest absolute Gasteiger partial charge is 0.338 e. The number of nitrogens with zero attached hydrogens (tertiary/aromatic N) is 4. The van der Waals surface area contributed by atoms with Crippen molar-refractivity contribution in [1.29, 1.82) is 0 Å². The third-order valence-electron chi connectivity index (χ3n) is 5.72. The van der Waals surface area contributed by atoms with Crippen molar-refractivity contribution in [2.24, 2.45) is 0 Å². The zero-order chi connectivity index (χ0) is 24.1. The normalized spacial score (nSPS) is 15.0. The van der Waals surface area contributed by atoms with Crippen LogP contribution in [0.25, 0.3) is 0 Å². The maximum atomic E-state index is 13.2. The highest BCUT2D eigenvalue weighted by atomic mass is 32.2. The number of hydrogen-bond acceptors (Lipinski definition) is 7. The summed E-state index contributed by atoms with van der Waals surface area (Å²) >= 11 is 1.57. The number of anilines is 2. The molecule has 3 aromatic rings.